The molecule has 1 atom stereocenters. The van der Waals surface area contributed by atoms with Crippen molar-refractivity contribution in [1.82, 2.24) is 0 Å². The van der Waals surface area contributed by atoms with Crippen LogP contribution >= 0.6 is 27.5 Å². The molecule has 4 nitrogen and oxygen atoms in total. The highest BCUT2D eigenvalue weighted by molar-refractivity contribution is 9.10. The Bertz CT molecular complexity index is 1410. The molecular formula is C28H21BrClFN2O2. The van der Waals surface area contributed by atoms with Gasteiger partial charge in [-0.25, -0.2) is 4.39 Å². The van der Waals surface area contributed by atoms with Gasteiger partial charge in [0.1, 0.15) is 17.4 Å². The first-order valence-electron chi connectivity index (χ1n) is 11.2. The fourth-order valence-electron chi connectivity index (χ4n) is 4.88. The Morgan fingerprint density at radius 1 is 1.06 bits per heavy atom. The molecule has 0 amide bonds. The van der Waals surface area contributed by atoms with E-state index in [9.17, 15) is 15.3 Å². The maximum Gasteiger partial charge on any atom is 0.161 e. The molecule has 0 aromatic heterocycles. The number of benzene rings is 3. The zero-order valence-corrected chi connectivity index (χ0v) is 20.9. The Morgan fingerprint density at radius 3 is 2.51 bits per heavy atom. The molecule has 2 N–H and O–H groups in total. The van der Waals surface area contributed by atoms with Gasteiger partial charge >= 0.3 is 0 Å². The second kappa shape index (κ2) is 9.44. The number of halogens is 3. The number of hydrogen-bond acceptors (Lipinski definition) is 3. The first-order valence-corrected chi connectivity index (χ1v) is 12.4. The van der Waals surface area contributed by atoms with Gasteiger partial charge in [-0.15, -0.1) is 0 Å². The molecule has 3 aromatic carbocycles. The van der Waals surface area contributed by atoms with Crippen molar-refractivity contribution in [2.45, 2.75) is 25.2 Å². The van der Waals surface area contributed by atoms with Crippen molar-refractivity contribution < 1.29 is 14.3 Å². The summed E-state index contributed by atoms with van der Waals surface area (Å²) in [6.07, 6.45) is 1.54. The number of nitrogens with zero attached hydrogens (tertiary/aromatic N) is 1. The molecule has 176 valence electrons. The van der Waals surface area contributed by atoms with Gasteiger partial charge in [-0.2, -0.15) is 0 Å². The summed E-state index contributed by atoms with van der Waals surface area (Å²) in [5, 5.41) is 21.3. The molecule has 0 bridgehead atoms. The SMILES string of the molecule is N=C1/C(=C(/O)c2ccc(Cl)cc2)C(c2ccccc2F)C2=C(CCCC2=O)N1c1cccc(Br)c1. The van der Waals surface area contributed by atoms with Crippen LogP contribution in [0.15, 0.2) is 94.1 Å². The van der Waals surface area contributed by atoms with Crippen LogP contribution in [-0.4, -0.2) is 16.7 Å². The first kappa shape index (κ1) is 23.5. The van der Waals surface area contributed by atoms with Gasteiger partial charge in [0.2, 0.25) is 0 Å². The minimum Gasteiger partial charge on any atom is -0.507 e. The second-order valence-electron chi connectivity index (χ2n) is 8.52. The summed E-state index contributed by atoms with van der Waals surface area (Å²) in [7, 11) is 0. The highest BCUT2D eigenvalue weighted by Crippen LogP contribution is 2.48. The van der Waals surface area contributed by atoms with Gasteiger partial charge in [-0.05, 0) is 61.4 Å². The number of rotatable bonds is 3. The van der Waals surface area contributed by atoms with Crippen LogP contribution in [0.3, 0.4) is 0 Å². The Balaban J connectivity index is 1.85. The van der Waals surface area contributed by atoms with Gasteiger partial charge in [0.25, 0.3) is 0 Å². The van der Waals surface area contributed by atoms with Crippen molar-refractivity contribution in [3.8, 4) is 0 Å². The Hall–Kier alpha value is -3.22. The molecule has 0 fully saturated rings. The van der Waals surface area contributed by atoms with E-state index in [0.717, 1.165) is 4.47 Å². The molecule has 5 rings (SSSR count). The number of carbonyl (C=O) groups excluding carboxylic acids is 1. The van der Waals surface area contributed by atoms with E-state index in [2.05, 4.69) is 15.9 Å². The van der Waals surface area contributed by atoms with Gasteiger partial charge in [-0.3, -0.25) is 15.1 Å². The fourth-order valence-corrected chi connectivity index (χ4v) is 5.39. The monoisotopic (exact) mass is 550 g/mol. The van der Waals surface area contributed by atoms with Crippen molar-refractivity contribution in [3.63, 3.8) is 0 Å². The van der Waals surface area contributed by atoms with E-state index in [1.165, 1.54) is 6.07 Å². The van der Waals surface area contributed by atoms with Crippen LogP contribution in [0.5, 0.6) is 0 Å². The highest BCUT2D eigenvalue weighted by atomic mass is 79.9. The third-order valence-corrected chi connectivity index (χ3v) is 7.16. The predicted molar refractivity (Wildman–Crippen MR) is 140 cm³/mol. The average Bonchev–Trinajstić information content (AvgIpc) is 2.84. The summed E-state index contributed by atoms with van der Waals surface area (Å²) in [5.41, 5.74) is 2.63. The van der Waals surface area contributed by atoms with Crippen LogP contribution in [0.4, 0.5) is 10.1 Å². The first-order chi connectivity index (χ1) is 16.9. The van der Waals surface area contributed by atoms with E-state index in [1.54, 1.807) is 47.4 Å². The Morgan fingerprint density at radius 2 is 1.80 bits per heavy atom. The molecule has 1 aliphatic carbocycles. The van der Waals surface area contributed by atoms with Gasteiger partial charge in [0, 0.05) is 55.5 Å². The number of aliphatic hydroxyl groups is 1. The molecule has 3 aromatic rings. The van der Waals surface area contributed by atoms with E-state index >= 15 is 4.39 Å². The number of aliphatic hydroxyl groups excluding tert-OH is 1. The van der Waals surface area contributed by atoms with Crippen LogP contribution in [0.1, 0.15) is 36.3 Å². The van der Waals surface area contributed by atoms with Crippen LogP contribution < -0.4 is 4.90 Å². The van der Waals surface area contributed by atoms with Gasteiger partial charge in [0.15, 0.2) is 5.78 Å². The quantitative estimate of drug-likeness (QED) is 0.326. The van der Waals surface area contributed by atoms with E-state index in [-0.39, 0.29) is 28.5 Å². The lowest BCUT2D eigenvalue weighted by molar-refractivity contribution is -0.116. The molecule has 1 unspecified atom stereocenters. The van der Waals surface area contributed by atoms with Crippen molar-refractivity contribution in [3.05, 3.63) is 116 Å². The molecular weight excluding hydrogens is 531 g/mol. The van der Waals surface area contributed by atoms with Crippen LogP contribution in [0.2, 0.25) is 5.02 Å². The smallest absolute Gasteiger partial charge is 0.161 e. The minimum atomic E-state index is -0.911. The molecule has 0 saturated heterocycles. The van der Waals surface area contributed by atoms with Crippen molar-refractivity contribution in [2.24, 2.45) is 0 Å². The summed E-state index contributed by atoms with van der Waals surface area (Å²) in [4.78, 5) is 15.1. The number of ketones is 1. The molecule has 7 heteroatoms. The summed E-state index contributed by atoms with van der Waals surface area (Å²) < 4.78 is 16.0. The molecule has 1 heterocycles. The Kier molecular flexibility index (Phi) is 6.34. The average molecular weight is 552 g/mol. The third-order valence-electron chi connectivity index (χ3n) is 6.41. The van der Waals surface area contributed by atoms with Crippen LogP contribution in [0.25, 0.3) is 5.76 Å². The van der Waals surface area contributed by atoms with E-state index in [4.69, 9.17) is 11.6 Å². The summed E-state index contributed by atoms with van der Waals surface area (Å²) in [6, 6.07) is 20.2. The number of amidine groups is 1. The summed E-state index contributed by atoms with van der Waals surface area (Å²) >= 11 is 9.54. The van der Waals surface area contributed by atoms with E-state index in [1.807, 2.05) is 24.3 Å². The maximum atomic E-state index is 15.2. The lowest BCUT2D eigenvalue weighted by Crippen LogP contribution is -2.42. The molecule has 35 heavy (non-hydrogen) atoms. The summed E-state index contributed by atoms with van der Waals surface area (Å²) in [5.74, 6) is -1.70. The summed E-state index contributed by atoms with van der Waals surface area (Å²) in [6.45, 7) is 0. The third kappa shape index (κ3) is 4.21. The molecule has 0 saturated carbocycles. The van der Waals surface area contributed by atoms with Gasteiger partial charge < -0.3 is 5.11 Å². The minimum absolute atomic E-state index is 0.00254. The van der Waals surface area contributed by atoms with Crippen molar-refractivity contribution in [2.75, 3.05) is 4.90 Å². The highest BCUT2D eigenvalue weighted by Gasteiger charge is 2.44. The molecule has 1 aliphatic heterocycles. The van der Waals surface area contributed by atoms with Crippen LogP contribution in [-0.2, 0) is 4.79 Å². The normalized spacial score (nSPS) is 19.6. The standard InChI is InChI=1S/C28H21BrClFN2O2/c29-17-5-3-6-19(15-17)33-22-9-4-10-23(34)25(22)24(20-7-1-2-8-21(20)31)26(28(33)32)27(35)16-11-13-18(30)14-12-16/h1-3,5-8,11-15,24,32,35H,4,9-10H2/b27-26+,32-28?. The molecule has 0 spiro atoms. The molecule has 0 radical (unpaired) electrons. The van der Waals surface area contributed by atoms with Crippen LogP contribution in [0, 0.1) is 11.2 Å². The zero-order valence-electron chi connectivity index (χ0n) is 18.6. The largest absolute Gasteiger partial charge is 0.507 e. The number of anilines is 1. The van der Waals surface area contributed by atoms with Gasteiger partial charge in [-0.1, -0.05) is 51.8 Å². The number of nitrogens with one attached hydrogen (secondary N) is 1. The second-order valence-corrected chi connectivity index (χ2v) is 9.88. The topological polar surface area (TPSA) is 64.4 Å². The van der Waals surface area contributed by atoms with Crippen molar-refractivity contribution >= 4 is 50.6 Å². The molecule has 2 aliphatic rings. The number of Topliss-reactive ketones (excluding diaryl/α,β-unsaturated/α-hetero) is 1. The lowest BCUT2D eigenvalue weighted by atomic mass is 9.73. The number of hydrogen-bond donors (Lipinski definition) is 2. The van der Waals surface area contributed by atoms with Gasteiger partial charge in [0.05, 0.1) is 0 Å². The maximum absolute atomic E-state index is 15.2. The Labute approximate surface area is 216 Å². The predicted octanol–water partition coefficient (Wildman–Crippen LogP) is 7.80. The number of carbonyl (C=O) groups is 1. The number of allylic oxidation sites excluding steroid dienone is 2. The van der Waals surface area contributed by atoms with E-state index < -0.39 is 11.7 Å². The zero-order chi connectivity index (χ0) is 24.7. The fraction of sp³-hybridized carbons (Fsp3) is 0.143. The van der Waals surface area contributed by atoms with E-state index in [0.29, 0.717) is 46.8 Å². The lowest BCUT2D eigenvalue weighted by Gasteiger charge is -2.41. The van der Waals surface area contributed by atoms with Crippen molar-refractivity contribution in [1.29, 1.82) is 5.41 Å².